The number of aromatic amines is 1. The molecule has 3 heterocycles. The molecule has 3 aromatic rings. The second-order valence-electron chi connectivity index (χ2n) is 8.70. The van der Waals surface area contributed by atoms with E-state index in [1.54, 1.807) is 10.9 Å². The minimum Gasteiger partial charge on any atom is -0.388 e. The smallest absolute Gasteiger partial charge is 0.222 e. The van der Waals surface area contributed by atoms with Crippen LogP contribution >= 0.6 is 0 Å². The van der Waals surface area contributed by atoms with Crippen LogP contribution in [0, 0.1) is 0 Å². The molecule has 1 aliphatic rings. The van der Waals surface area contributed by atoms with E-state index in [-0.39, 0.29) is 24.8 Å². The number of rotatable bonds is 11. The third kappa shape index (κ3) is 6.35. The molecule has 1 amide bonds. The largest absolute Gasteiger partial charge is 0.388 e. The van der Waals surface area contributed by atoms with Gasteiger partial charge in [-0.1, -0.05) is 23.4 Å². The van der Waals surface area contributed by atoms with Gasteiger partial charge < -0.3 is 36.7 Å². The van der Waals surface area contributed by atoms with Crippen molar-refractivity contribution in [2.24, 2.45) is 16.5 Å². The van der Waals surface area contributed by atoms with E-state index in [2.05, 4.69) is 25.6 Å². The van der Waals surface area contributed by atoms with Crippen molar-refractivity contribution in [1.82, 2.24) is 25.3 Å². The maximum Gasteiger partial charge on any atom is 0.222 e. The van der Waals surface area contributed by atoms with Crippen molar-refractivity contribution in [2.45, 2.75) is 56.6 Å². The maximum absolute atomic E-state index is 12.4. The molecule has 8 N–H and O–H groups in total. The van der Waals surface area contributed by atoms with Crippen LogP contribution in [0.1, 0.15) is 24.1 Å². The Bertz CT molecular complexity index is 1160. The SMILES string of the molecule is NC(N)=NCCCc1cn(C[C@@H]2O[C@H](CC(=O)NCCc3c[nH]c4ccccc34)[C@H](O)[C@@H]2O)nn1. The number of ether oxygens (including phenoxy) is 1. The zero-order chi connectivity index (χ0) is 24.8. The molecule has 0 spiro atoms. The highest BCUT2D eigenvalue weighted by Gasteiger charge is 2.43. The van der Waals surface area contributed by atoms with Crippen LogP contribution in [0.3, 0.4) is 0 Å². The number of nitrogens with one attached hydrogen (secondary N) is 2. The van der Waals surface area contributed by atoms with Gasteiger partial charge in [-0.05, 0) is 30.9 Å². The summed E-state index contributed by atoms with van der Waals surface area (Å²) >= 11 is 0. The number of aromatic nitrogens is 4. The molecular formula is C23H32N8O4. The van der Waals surface area contributed by atoms with Gasteiger partial charge in [0.05, 0.1) is 24.8 Å². The highest BCUT2D eigenvalue weighted by Crippen LogP contribution is 2.25. The first-order valence-electron chi connectivity index (χ1n) is 11.7. The van der Waals surface area contributed by atoms with E-state index in [1.165, 1.54) is 0 Å². The first-order valence-corrected chi connectivity index (χ1v) is 11.7. The fourth-order valence-corrected chi connectivity index (χ4v) is 4.27. The fourth-order valence-electron chi connectivity index (χ4n) is 4.27. The Morgan fingerprint density at radius 3 is 2.83 bits per heavy atom. The first-order chi connectivity index (χ1) is 16.9. The maximum atomic E-state index is 12.4. The number of carbonyl (C=O) groups is 1. The Hall–Kier alpha value is -3.48. The second kappa shape index (κ2) is 11.3. The summed E-state index contributed by atoms with van der Waals surface area (Å²) in [5.41, 5.74) is 13.6. The second-order valence-corrected chi connectivity index (χ2v) is 8.70. The lowest BCUT2D eigenvalue weighted by Crippen LogP contribution is -2.36. The fraction of sp³-hybridized carbons (Fsp3) is 0.478. The third-order valence-corrected chi connectivity index (χ3v) is 6.08. The number of carbonyl (C=O) groups excluding carboxylic acids is 1. The summed E-state index contributed by atoms with van der Waals surface area (Å²) in [4.78, 5) is 19.6. The van der Waals surface area contributed by atoms with Crippen LogP contribution in [-0.4, -0.2) is 79.6 Å². The molecule has 1 fully saturated rings. The predicted octanol–water partition coefficient (Wildman–Crippen LogP) is -0.796. The molecule has 1 aromatic carbocycles. The van der Waals surface area contributed by atoms with Crippen LogP contribution in [0.5, 0.6) is 0 Å². The van der Waals surface area contributed by atoms with E-state index in [0.29, 0.717) is 25.9 Å². The summed E-state index contributed by atoms with van der Waals surface area (Å²) in [6.07, 6.45) is 1.89. The third-order valence-electron chi connectivity index (χ3n) is 6.08. The van der Waals surface area contributed by atoms with E-state index in [0.717, 1.165) is 28.6 Å². The zero-order valence-electron chi connectivity index (χ0n) is 19.4. The van der Waals surface area contributed by atoms with E-state index >= 15 is 0 Å². The number of amides is 1. The van der Waals surface area contributed by atoms with Crippen molar-refractivity contribution in [2.75, 3.05) is 13.1 Å². The minimum absolute atomic E-state index is 0.0456. The highest BCUT2D eigenvalue weighted by molar-refractivity contribution is 5.83. The van der Waals surface area contributed by atoms with Gasteiger partial charge in [-0.2, -0.15) is 0 Å². The average molecular weight is 485 g/mol. The van der Waals surface area contributed by atoms with Crippen molar-refractivity contribution in [3.63, 3.8) is 0 Å². The van der Waals surface area contributed by atoms with Crippen LogP contribution in [0.25, 0.3) is 10.9 Å². The summed E-state index contributed by atoms with van der Waals surface area (Å²) in [7, 11) is 0. The van der Waals surface area contributed by atoms with Gasteiger partial charge in [0.1, 0.15) is 18.3 Å². The topological polar surface area (TPSA) is 190 Å². The Balaban J connectivity index is 1.22. The van der Waals surface area contributed by atoms with Crippen LogP contribution in [0.15, 0.2) is 41.7 Å². The highest BCUT2D eigenvalue weighted by atomic mass is 16.5. The summed E-state index contributed by atoms with van der Waals surface area (Å²) < 4.78 is 7.36. The molecule has 0 radical (unpaired) electrons. The lowest BCUT2D eigenvalue weighted by Gasteiger charge is -2.14. The molecule has 0 aliphatic carbocycles. The van der Waals surface area contributed by atoms with Crippen molar-refractivity contribution >= 4 is 22.8 Å². The number of aryl methyl sites for hydroxylation is 1. The van der Waals surface area contributed by atoms with Gasteiger partial charge in [0.2, 0.25) is 5.91 Å². The molecule has 1 saturated heterocycles. The molecule has 2 aromatic heterocycles. The molecule has 0 saturated carbocycles. The van der Waals surface area contributed by atoms with Gasteiger partial charge in [-0.3, -0.25) is 9.79 Å². The van der Waals surface area contributed by atoms with Crippen molar-refractivity contribution in [3.8, 4) is 0 Å². The molecule has 1 aliphatic heterocycles. The first kappa shape index (κ1) is 24.6. The number of hydrogen-bond donors (Lipinski definition) is 6. The summed E-state index contributed by atoms with van der Waals surface area (Å²) in [5.74, 6) is -0.192. The van der Waals surface area contributed by atoms with Gasteiger partial charge in [-0.25, -0.2) is 4.68 Å². The molecule has 188 valence electrons. The van der Waals surface area contributed by atoms with Crippen LogP contribution in [-0.2, 0) is 28.9 Å². The Morgan fingerprint density at radius 2 is 2.00 bits per heavy atom. The lowest BCUT2D eigenvalue weighted by atomic mass is 10.1. The minimum atomic E-state index is -1.16. The van der Waals surface area contributed by atoms with E-state index in [1.807, 2.05) is 30.5 Å². The molecule has 35 heavy (non-hydrogen) atoms. The number of benzene rings is 1. The van der Waals surface area contributed by atoms with E-state index in [4.69, 9.17) is 16.2 Å². The molecule has 12 heteroatoms. The van der Waals surface area contributed by atoms with Gasteiger partial charge in [0.25, 0.3) is 0 Å². The number of guanidine groups is 1. The number of para-hydroxylation sites is 1. The lowest BCUT2D eigenvalue weighted by molar-refractivity contribution is -0.125. The molecule has 12 nitrogen and oxygen atoms in total. The monoisotopic (exact) mass is 484 g/mol. The number of aliphatic hydroxyl groups is 2. The van der Waals surface area contributed by atoms with Crippen LogP contribution < -0.4 is 16.8 Å². The van der Waals surface area contributed by atoms with E-state index in [9.17, 15) is 15.0 Å². The number of H-pyrrole nitrogens is 1. The average Bonchev–Trinajstić information content (AvgIpc) is 3.52. The van der Waals surface area contributed by atoms with Gasteiger partial charge in [-0.15, -0.1) is 5.10 Å². The van der Waals surface area contributed by atoms with Crippen LogP contribution in [0.2, 0.25) is 0 Å². The number of aliphatic hydroxyl groups excluding tert-OH is 2. The van der Waals surface area contributed by atoms with Gasteiger partial charge in [0.15, 0.2) is 5.96 Å². The number of fused-ring (bicyclic) bond motifs is 1. The standard InChI is InChI=1S/C23H32N8O4/c24-23(25)27-8-3-4-15-12-31(30-29-15)13-19-22(34)21(33)18(35-19)10-20(32)26-9-7-14-11-28-17-6-2-1-5-16(14)17/h1-2,5-6,11-12,18-19,21-22,28,33-34H,3-4,7-10,13H2,(H,26,32)(H4,24,25,27)/t18-,19+,21+,22-/m1/s1. The summed E-state index contributed by atoms with van der Waals surface area (Å²) in [5, 5.41) is 33.0. The summed E-state index contributed by atoms with van der Waals surface area (Å²) in [6, 6.07) is 8.00. The Labute approximate surface area is 202 Å². The molecule has 0 bridgehead atoms. The molecule has 4 atom stereocenters. The van der Waals surface area contributed by atoms with E-state index < -0.39 is 24.4 Å². The zero-order valence-corrected chi connectivity index (χ0v) is 19.4. The van der Waals surface area contributed by atoms with Crippen molar-refractivity contribution in [3.05, 3.63) is 47.9 Å². The number of nitrogens with two attached hydrogens (primary N) is 2. The predicted molar refractivity (Wildman–Crippen MR) is 129 cm³/mol. The molecule has 0 unspecified atom stereocenters. The summed E-state index contributed by atoms with van der Waals surface area (Å²) in [6.45, 7) is 1.16. The van der Waals surface area contributed by atoms with Crippen molar-refractivity contribution in [1.29, 1.82) is 0 Å². The number of nitrogens with zero attached hydrogens (tertiary/aromatic N) is 4. The normalized spacial score (nSPS) is 21.9. The quantitative estimate of drug-likeness (QED) is 0.116. The Morgan fingerprint density at radius 1 is 1.20 bits per heavy atom. The Kier molecular flexibility index (Phi) is 7.95. The van der Waals surface area contributed by atoms with Crippen molar-refractivity contribution < 1.29 is 19.7 Å². The molecular weight excluding hydrogens is 452 g/mol. The molecule has 4 rings (SSSR count). The van der Waals surface area contributed by atoms with Gasteiger partial charge in [0, 0.05) is 36.4 Å². The van der Waals surface area contributed by atoms with Gasteiger partial charge >= 0.3 is 0 Å². The number of aliphatic imine (C=N–C) groups is 1. The van der Waals surface area contributed by atoms with Crippen LogP contribution in [0.4, 0.5) is 0 Å². The number of hydrogen-bond acceptors (Lipinski definition) is 7.